The molecule has 1 aliphatic heterocycles. The van der Waals surface area contributed by atoms with E-state index >= 15 is 0 Å². The normalized spacial score (nSPS) is 15.2. The Morgan fingerprint density at radius 1 is 1.10 bits per heavy atom. The van der Waals surface area contributed by atoms with Gasteiger partial charge >= 0.3 is 0 Å². The molecule has 5 nitrogen and oxygen atoms in total. The third-order valence-electron chi connectivity index (χ3n) is 4.20. The van der Waals surface area contributed by atoms with Gasteiger partial charge < -0.3 is 14.2 Å². The molecule has 2 aromatic rings. The second-order valence-electron chi connectivity index (χ2n) is 6.24. The zero-order chi connectivity index (χ0) is 20.6. The van der Waals surface area contributed by atoms with E-state index in [2.05, 4.69) is 0 Å². The molecule has 0 N–H and O–H groups in total. The lowest BCUT2D eigenvalue weighted by atomic mass is 10.1. The topological polar surface area (TPSA) is 48.0 Å². The predicted molar refractivity (Wildman–Crippen MR) is 120 cm³/mol. The molecule has 0 unspecified atom stereocenters. The van der Waals surface area contributed by atoms with Gasteiger partial charge in [-0.1, -0.05) is 60.4 Å². The number of thiocarbonyl (C=S) groups is 1. The molecule has 0 atom stereocenters. The minimum atomic E-state index is -0.0978. The minimum Gasteiger partial charge on any atom is -0.490 e. The maximum atomic E-state index is 12.6. The molecule has 2 aromatic carbocycles. The van der Waals surface area contributed by atoms with Gasteiger partial charge in [-0.05, 0) is 36.3 Å². The number of rotatable bonds is 9. The van der Waals surface area contributed by atoms with Gasteiger partial charge in [0.15, 0.2) is 11.5 Å². The molecule has 0 aromatic heterocycles. The zero-order valence-electron chi connectivity index (χ0n) is 16.4. The average Bonchev–Trinajstić information content (AvgIpc) is 2.99. The Bertz CT molecular complexity index is 899. The van der Waals surface area contributed by atoms with Crippen LogP contribution < -0.4 is 9.47 Å². The minimum absolute atomic E-state index is 0.0978. The van der Waals surface area contributed by atoms with E-state index in [1.165, 1.54) is 11.8 Å². The standard InChI is InChI=1S/C22H23NO4S2/c1-3-26-19-13-17(9-10-18(19)27-15-16-7-5-4-6-8-16)14-20-21(24)23(11-12-25-2)22(28)29-20/h4-10,13-14H,3,11-12,15H2,1-2H3/b20-14-. The molecule has 0 spiro atoms. The van der Waals surface area contributed by atoms with E-state index in [4.69, 9.17) is 26.4 Å². The molecular formula is C22H23NO4S2. The smallest absolute Gasteiger partial charge is 0.266 e. The Labute approximate surface area is 180 Å². The first-order valence-electron chi connectivity index (χ1n) is 9.30. The summed E-state index contributed by atoms with van der Waals surface area (Å²) in [4.78, 5) is 14.8. The van der Waals surface area contributed by atoms with Crippen LogP contribution in [-0.4, -0.2) is 42.0 Å². The highest BCUT2D eigenvalue weighted by molar-refractivity contribution is 8.26. The van der Waals surface area contributed by atoms with Crippen LogP contribution in [0.1, 0.15) is 18.1 Å². The summed E-state index contributed by atoms with van der Waals surface area (Å²) >= 11 is 6.62. The lowest BCUT2D eigenvalue weighted by molar-refractivity contribution is -0.122. The monoisotopic (exact) mass is 429 g/mol. The van der Waals surface area contributed by atoms with Gasteiger partial charge in [-0.25, -0.2) is 0 Å². The summed E-state index contributed by atoms with van der Waals surface area (Å²) in [7, 11) is 1.60. The molecule has 1 saturated heterocycles. The molecule has 152 valence electrons. The molecule has 7 heteroatoms. The van der Waals surface area contributed by atoms with Crippen molar-refractivity contribution >= 4 is 40.3 Å². The van der Waals surface area contributed by atoms with E-state index < -0.39 is 0 Å². The van der Waals surface area contributed by atoms with Crippen molar-refractivity contribution < 1.29 is 19.0 Å². The predicted octanol–water partition coefficient (Wildman–Crippen LogP) is 4.51. The Hall–Kier alpha value is -2.35. The third kappa shape index (κ3) is 5.59. The Kier molecular flexibility index (Phi) is 7.69. The fraction of sp³-hybridized carbons (Fsp3) is 0.273. The van der Waals surface area contributed by atoms with E-state index in [-0.39, 0.29) is 5.91 Å². The largest absolute Gasteiger partial charge is 0.490 e. The lowest BCUT2D eigenvalue weighted by Crippen LogP contribution is -2.31. The van der Waals surface area contributed by atoms with E-state index in [0.717, 1.165) is 11.1 Å². The SMILES string of the molecule is CCOc1cc(/C=C2\SC(=S)N(CCOC)C2=O)ccc1OCc1ccccc1. The highest BCUT2D eigenvalue weighted by atomic mass is 32.2. The van der Waals surface area contributed by atoms with Gasteiger partial charge in [0.1, 0.15) is 10.9 Å². The molecule has 29 heavy (non-hydrogen) atoms. The summed E-state index contributed by atoms with van der Waals surface area (Å²) in [6, 6.07) is 15.6. The molecular weight excluding hydrogens is 406 g/mol. The number of methoxy groups -OCH3 is 1. The molecule has 1 heterocycles. The van der Waals surface area contributed by atoms with E-state index in [1.807, 2.05) is 61.5 Å². The summed E-state index contributed by atoms with van der Waals surface area (Å²) in [6.45, 7) is 3.80. The number of benzene rings is 2. The Morgan fingerprint density at radius 3 is 2.62 bits per heavy atom. The fourth-order valence-corrected chi connectivity index (χ4v) is 4.07. The van der Waals surface area contributed by atoms with Crippen LogP contribution in [0.5, 0.6) is 11.5 Å². The van der Waals surface area contributed by atoms with Crippen LogP contribution in [0.15, 0.2) is 53.4 Å². The van der Waals surface area contributed by atoms with Crippen LogP contribution in [0.25, 0.3) is 6.08 Å². The van der Waals surface area contributed by atoms with Crippen LogP contribution in [-0.2, 0) is 16.1 Å². The summed E-state index contributed by atoms with van der Waals surface area (Å²) in [5.74, 6) is 1.21. The van der Waals surface area contributed by atoms with Crippen molar-refractivity contribution in [3.63, 3.8) is 0 Å². The first-order valence-corrected chi connectivity index (χ1v) is 10.5. The zero-order valence-corrected chi connectivity index (χ0v) is 18.1. The van der Waals surface area contributed by atoms with Gasteiger partial charge in [0, 0.05) is 7.11 Å². The highest BCUT2D eigenvalue weighted by Crippen LogP contribution is 2.35. The van der Waals surface area contributed by atoms with Gasteiger partial charge in [-0.2, -0.15) is 0 Å². The number of hydrogen-bond acceptors (Lipinski definition) is 6. The molecule has 0 bridgehead atoms. The maximum Gasteiger partial charge on any atom is 0.266 e. The van der Waals surface area contributed by atoms with Crippen molar-refractivity contribution in [1.29, 1.82) is 0 Å². The van der Waals surface area contributed by atoms with Crippen molar-refractivity contribution in [3.05, 3.63) is 64.6 Å². The van der Waals surface area contributed by atoms with Crippen LogP contribution >= 0.6 is 24.0 Å². The van der Waals surface area contributed by atoms with Crippen LogP contribution in [0, 0.1) is 0 Å². The number of carbonyl (C=O) groups is 1. The molecule has 1 aliphatic rings. The van der Waals surface area contributed by atoms with Crippen molar-refractivity contribution in [2.45, 2.75) is 13.5 Å². The van der Waals surface area contributed by atoms with Gasteiger partial charge in [0.25, 0.3) is 5.91 Å². The number of nitrogens with zero attached hydrogens (tertiary/aromatic N) is 1. The molecule has 0 radical (unpaired) electrons. The summed E-state index contributed by atoms with van der Waals surface area (Å²) in [5, 5.41) is 0. The van der Waals surface area contributed by atoms with Crippen LogP contribution in [0.3, 0.4) is 0 Å². The van der Waals surface area contributed by atoms with Gasteiger partial charge in [-0.15, -0.1) is 0 Å². The molecule has 0 saturated carbocycles. The first-order chi connectivity index (χ1) is 14.1. The fourth-order valence-electron chi connectivity index (χ4n) is 2.76. The van der Waals surface area contributed by atoms with E-state index in [0.29, 0.717) is 47.1 Å². The van der Waals surface area contributed by atoms with Crippen LogP contribution in [0.2, 0.25) is 0 Å². The molecule has 3 rings (SSSR count). The molecule has 0 aliphatic carbocycles. The lowest BCUT2D eigenvalue weighted by Gasteiger charge is -2.13. The highest BCUT2D eigenvalue weighted by Gasteiger charge is 2.31. The average molecular weight is 430 g/mol. The third-order valence-corrected chi connectivity index (χ3v) is 5.57. The summed E-state index contributed by atoms with van der Waals surface area (Å²) in [6.07, 6.45) is 1.83. The number of amides is 1. The second-order valence-corrected chi connectivity index (χ2v) is 7.92. The summed E-state index contributed by atoms with van der Waals surface area (Å²) < 4.78 is 17.3. The van der Waals surface area contributed by atoms with E-state index in [9.17, 15) is 4.79 Å². The molecule has 1 amide bonds. The van der Waals surface area contributed by atoms with Crippen molar-refractivity contribution in [1.82, 2.24) is 4.90 Å². The maximum absolute atomic E-state index is 12.6. The van der Waals surface area contributed by atoms with Crippen molar-refractivity contribution in [2.24, 2.45) is 0 Å². The van der Waals surface area contributed by atoms with Gasteiger partial charge in [0.05, 0.1) is 24.7 Å². The van der Waals surface area contributed by atoms with Crippen molar-refractivity contribution in [3.8, 4) is 11.5 Å². The van der Waals surface area contributed by atoms with Gasteiger partial charge in [-0.3, -0.25) is 9.69 Å². The molecule has 1 fully saturated rings. The number of carbonyl (C=O) groups excluding carboxylic acids is 1. The number of thioether (sulfide) groups is 1. The quantitative estimate of drug-likeness (QED) is 0.432. The summed E-state index contributed by atoms with van der Waals surface area (Å²) in [5.41, 5.74) is 1.94. The van der Waals surface area contributed by atoms with E-state index in [1.54, 1.807) is 12.0 Å². The van der Waals surface area contributed by atoms with Gasteiger partial charge in [0.2, 0.25) is 0 Å². The Morgan fingerprint density at radius 2 is 1.90 bits per heavy atom. The number of ether oxygens (including phenoxy) is 3. The first kappa shape index (κ1) is 21.4. The van der Waals surface area contributed by atoms with Crippen molar-refractivity contribution in [2.75, 3.05) is 26.9 Å². The number of hydrogen-bond donors (Lipinski definition) is 0. The Balaban J connectivity index is 1.76. The second kappa shape index (κ2) is 10.4. The van der Waals surface area contributed by atoms with Crippen LogP contribution in [0.4, 0.5) is 0 Å².